The van der Waals surface area contributed by atoms with Crippen LogP contribution < -0.4 is 5.32 Å². The summed E-state index contributed by atoms with van der Waals surface area (Å²) in [5.41, 5.74) is -1.99. The Bertz CT molecular complexity index is 452. The lowest BCUT2D eigenvalue weighted by atomic mass is 9.93. The molecule has 2 aliphatic rings. The minimum absolute atomic E-state index is 0.539. The van der Waals surface area contributed by atoms with Gasteiger partial charge in [0.15, 0.2) is 0 Å². The van der Waals surface area contributed by atoms with Crippen LogP contribution >= 0.6 is 11.8 Å². The van der Waals surface area contributed by atoms with E-state index in [1.54, 1.807) is 13.8 Å². The molecule has 0 aromatic heterocycles. The van der Waals surface area contributed by atoms with Crippen molar-refractivity contribution in [2.24, 2.45) is 0 Å². The van der Waals surface area contributed by atoms with Crippen molar-refractivity contribution in [1.82, 2.24) is 10.2 Å². The Hall–Kier alpha value is -1.28. The van der Waals surface area contributed by atoms with Gasteiger partial charge in [-0.05, 0) is 13.8 Å². The highest BCUT2D eigenvalue weighted by molar-refractivity contribution is 8.01. The van der Waals surface area contributed by atoms with Gasteiger partial charge in [-0.25, -0.2) is 4.79 Å². The van der Waals surface area contributed by atoms with E-state index in [1.165, 1.54) is 18.7 Å². The third-order valence-corrected chi connectivity index (χ3v) is 4.75. The van der Waals surface area contributed by atoms with Gasteiger partial charge in [0.2, 0.25) is 11.6 Å². The maximum atomic E-state index is 11.9. The zero-order chi connectivity index (χ0) is 13.9. The Morgan fingerprint density at radius 3 is 2.44 bits per heavy atom. The fraction of sp³-hybridized carbons (Fsp3) is 0.700. The first-order valence-corrected chi connectivity index (χ1v) is 6.24. The van der Waals surface area contributed by atoms with Crippen molar-refractivity contribution in [3.8, 4) is 0 Å². The standard InChI is InChI=1S/C10H14N2O5S/c1-4(13)11-10(17)7(16)12-5(6(14)15)9(2,3)18-8(10)12/h5,8,17H,1-3H3,(H,11,13)(H,14,15)/t5-,8+,10?/m0/s1. The van der Waals surface area contributed by atoms with E-state index in [9.17, 15) is 19.5 Å². The van der Waals surface area contributed by atoms with Gasteiger partial charge in [-0.3, -0.25) is 9.59 Å². The first-order chi connectivity index (χ1) is 8.11. The van der Waals surface area contributed by atoms with E-state index < -0.39 is 39.7 Å². The van der Waals surface area contributed by atoms with Gasteiger partial charge >= 0.3 is 5.97 Å². The molecule has 0 aromatic carbocycles. The molecule has 0 bridgehead atoms. The van der Waals surface area contributed by atoms with Crippen molar-refractivity contribution in [3.05, 3.63) is 0 Å². The van der Waals surface area contributed by atoms with E-state index in [0.717, 1.165) is 4.90 Å². The van der Waals surface area contributed by atoms with Crippen LogP contribution in [0, 0.1) is 0 Å². The predicted molar refractivity (Wildman–Crippen MR) is 62.5 cm³/mol. The lowest BCUT2D eigenvalue weighted by Crippen LogP contribution is -2.79. The SMILES string of the molecule is CC(=O)NC1(O)C(=O)N2[C@@H](C(=O)O)C(C)(C)S[C@@H]21. The highest BCUT2D eigenvalue weighted by Crippen LogP contribution is 2.53. The second-order valence-corrected chi connectivity index (χ2v) is 6.71. The van der Waals surface area contributed by atoms with Gasteiger partial charge in [-0.15, -0.1) is 11.8 Å². The number of aliphatic carboxylic acids is 1. The second kappa shape index (κ2) is 3.61. The number of fused-ring (bicyclic) bond motifs is 1. The average molecular weight is 274 g/mol. The Kier molecular flexibility index (Phi) is 2.64. The van der Waals surface area contributed by atoms with Crippen LogP contribution in [0.3, 0.4) is 0 Å². The molecule has 2 aliphatic heterocycles. The molecule has 0 spiro atoms. The van der Waals surface area contributed by atoms with Crippen LogP contribution in [0.2, 0.25) is 0 Å². The zero-order valence-corrected chi connectivity index (χ0v) is 10.9. The number of hydrogen-bond donors (Lipinski definition) is 3. The van der Waals surface area contributed by atoms with E-state index in [0.29, 0.717) is 0 Å². The van der Waals surface area contributed by atoms with Crippen LogP contribution in [0.4, 0.5) is 0 Å². The molecule has 2 heterocycles. The number of hydrogen-bond acceptors (Lipinski definition) is 5. The molecule has 0 aromatic rings. The van der Waals surface area contributed by atoms with Crippen molar-refractivity contribution in [2.45, 2.75) is 42.7 Å². The van der Waals surface area contributed by atoms with Crippen molar-refractivity contribution in [3.63, 3.8) is 0 Å². The Morgan fingerprint density at radius 1 is 1.44 bits per heavy atom. The van der Waals surface area contributed by atoms with Gasteiger partial charge in [0, 0.05) is 11.7 Å². The molecule has 18 heavy (non-hydrogen) atoms. The van der Waals surface area contributed by atoms with Gasteiger partial charge in [0.1, 0.15) is 11.4 Å². The second-order valence-electron chi connectivity index (χ2n) is 4.97. The van der Waals surface area contributed by atoms with Gasteiger partial charge in [0.05, 0.1) is 0 Å². The van der Waals surface area contributed by atoms with E-state index in [-0.39, 0.29) is 0 Å². The number of carboxylic acid groups (broad SMARTS) is 1. The largest absolute Gasteiger partial charge is 0.480 e. The van der Waals surface area contributed by atoms with Crippen LogP contribution in [0.25, 0.3) is 0 Å². The average Bonchev–Trinajstić information content (AvgIpc) is 2.47. The number of amides is 2. The third-order valence-electron chi connectivity index (χ3n) is 3.12. The van der Waals surface area contributed by atoms with Crippen molar-refractivity contribution < 1.29 is 24.6 Å². The van der Waals surface area contributed by atoms with Gasteiger partial charge in [-0.2, -0.15) is 0 Å². The van der Waals surface area contributed by atoms with E-state index in [4.69, 9.17) is 5.11 Å². The van der Waals surface area contributed by atoms with Crippen molar-refractivity contribution >= 4 is 29.5 Å². The predicted octanol–water partition coefficient (Wildman–Crippen LogP) is -1.04. The van der Waals surface area contributed by atoms with Gasteiger partial charge in [0.25, 0.3) is 5.91 Å². The highest BCUT2D eigenvalue weighted by atomic mass is 32.2. The molecule has 0 radical (unpaired) electrons. The summed E-state index contributed by atoms with van der Waals surface area (Å²) in [5, 5.41) is 20.7. The summed E-state index contributed by atoms with van der Waals surface area (Å²) in [4.78, 5) is 35.2. The zero-order valence-electron chi connectivity index (χ0n) is 10.1. The molecule has 3 atom stereocenters. The number of nitrogens with one attached hydrogen (secondary N) is 1. The summed E-state index contributed by atoms with van der Waals surface area (Å²) in [6, 6.07) is -1.01. The number of rotatable bonds is 2. The lowest BCUT2D eigenvalue weighted by Gasteiger charge is -2.49. The number of carbonyl (C=O) groups is 3. The Morgan fingerprint density at radius 2 is 2.00 bits per heavy atom. The number of carboxylic acids is 1. The van der Waals surface area contributed by atoms with Crippen LogP contribution in [0.1, 0.15) is 20.8 Å². The Balaban J connectivity index is 2.32. The fourth-order valence-corrected chi connectivity index (χ4v) is 4.01. The number of β-lactam (4-membered cyclic amide) rings is 1. The number of aliphatic hydroxyl groups is 1. The maximum absolute atomic E-state index is 11.9. The monoisotopic (exact) mass is 274 g/mol. The maximum Gasteiger partial charge on any atom is 0.327 e. The summed E-state index contributed by atoms with van der Waals surface area (Å²) in [6.07, 6.45) is 0. The molecule has 3 N–H and O–H groups in total. The van der Waals surface area contributed by atoms with Crippen LogP contribution in [-0.2, 0) is 14.4 Å². The van der Waals surface area contributed by atoms with Crippen LogP contribution in [0.5, 0.6) is 0 Å². The number of carbonyl (C=O) groups excluding carboxylic acids is 2. The third kappa shape index (κ3) is 1.52. The molecule has 100 valence electrons. The van der Waals surface area contributed by atoms with E-state index >= 15 is 0 Å². The van der Waals surface area contributed by atoms with Crippen molar-refractivity contribution in [2.75, 3.05) is 0 Å². The highest BCUT2D eigenvalue weighted by Gasteiger charge is 2.71. The van der Waals surface area contributed by atoms with Gasteiger partial charge < -0.3 is 20.4 Å². The minimum atomic E-state index is -1.99. The molecule has 2 saturated heterocycles. The topological polar surface area (TPSA) is 107 Å². The quantitative estimate of drug-likeness (QED) is 0.438. The van der Waals surface area contributed by atoms with Gasteiger partial charge in [-0.1, -0.05) is 0 Å². The minimum Gasteiger partial charge on any atom is -0.480 e. The molecule has 8 heteroatoms. The molecule has 2 rings (SSSR count). The first kappa shape index (κ1) is 13.2. The molecule has 1 unspecified atom stereocenters. The number of thioether (sulfide) groups is 1. The van der Waals surface area contributed by atoms with Crippen LogP contribution in [0.15, 0.2) is 0 Å². The van der Waals surface area contributed by atoms with E-state index in [2.05, 4.69) is 5.32 Å². The summed E-state index contributed by atoms with van der Waals surface area (Å²) in [7, 11) is 0. The summed E-state index contributed by atoms with van der Waals surface area (Å²) in [6.45, 7) is 4.57. The Labute approximate surface area is 108 Å². The summed E-state index contributed by atoms with van der Waals surface area (Å²) < 4.78 is -0.727. The molecule has 2 amide bonds. The number of nitrogens with zero attached hydrogens (tertiary/aromatic N) is 1. The lowest BCUT2D eigenvalue weighted by molar-refractivity contribution is -0.194. The molecule has 0 saturated carbocycles. The molecule has 2 fully saturated rings. The van der Waals surface area contributed by atoms with Crippen LogP contribution in [-0.4, -0.2) is 54.8 Å². The summed E-state index contributed by atoms with van der Waals surface area (Å²) in [5.74, 6) is -2.43. The normalized spacial score (nSPS) is 36.9. The first-order valence-electron chi connectivity index (χ1n) is 5.36. The smallest absolute Gasteiger partial charge is 0.327 e. The molecule has 7 nitrogen and oxygen atoms in total. The molecular weight excluding hydrogens is 260 g/mol. The van der Waals surface area contributed by atoms with E-state index in [1.807, 2.05) is 0 Å². The van der Waals surface area contributed by atoms with Crippen molar-refractivity contribution in [1.29, 1.82) is 0 Å². The summed E-state index contributed by atoms with van der Waals surface area (Å²) >= 11 is 1.17. The molecular formula is C10H14N2O5S. The fourth-order valence-electron chi connectivity index (χ4n) is 2.43. The molecule has 0 aliphatic carbocycles.